The number of piperidine rings is 1. The van der Waals surface area contributed by atoms with E-state index in [-0.39, 0.29) is 18.4 Å². The van der Waals surface area contributed by atoms with Crippen LogP contribution < -0.4 is 0 Å². The standard InChI is InChI=1S/C22H21F6NO2.C5H12/c23-21(24,25)17-5-1-14(2-6-17)13-29-10-9-15(12-20(30)31)11-19(29)16-3-7-18(8-4-16)22(26,27)28;1-4-5(2)3/h1-8,15,19H,9-13H2,(H,30,31);5H,4H2,1-3H3. The summed E-state index contributed by atoms with van der Waals surface area (Å²) in [7, 11) is 0. The fourth-order valence-corrected chi connectivity index (χ4v) is 3.98. The maximum atomic E-state index is 12.9. The first-order valence-corrected chi connectivity index (χ1v) is 12.0. The predicted molar refractivity (Wildman–Crippen MR) is 126 cm³/mol. The second kappa shape index (κ2) is 12.6. The summed E-state index contributed by atoms with van der Waals surface area (Å²) < 4.78 is 77.0. The molecule has 2 aromatic carbocycles. The molecule has 0 spiro atoms. The Morgan fingerprint density at radius 1 is 0.944 bits per heavy atom. The van der Waals surface area contributed by atoms with E-state index in [0.717, 1.165) is 30.2 Å². The van der Waals surface area contributed by atoms with Crippen LogP contribution in [-0.2, 0) is 23.7 Å². The predicted octanol–water partition coefficient (Wildman–Crippen LogP) is 8.20. The zero-order chi connectivity index (χ0) is 27.1. The van der Waals surface area contributed by atoms with E-state index in [2.05, 4.69) is 20.8 Å². The fraction of sp³-hybridized carbons (Fsp3) is 0.519. The summed E-state index contributed by atoms with van der Waals surface area (Å²) >= 11 is 0. The van der Waals surface area contributed by atoms with Crippen LogP contribution in [0.4, 0.5) is 26.3 Å². The Labute approximate surface area is 208 Å². The highest BCUT2D eigenvalue weighted by Crippen LogP contribution is 2.38. The number of alkyl halides is 6. The first-order valence-electron chi connectivity index (χ1n) is 12.0. The maximum absolute atomic E-state index is 12.9. The molecule has 2 unspecified atom stereocenters. The zero-order valence-electron chi connectivity index (χ0n) is 20.7. The van der Waals surface area contributed by atoms with Crippen LogP contribution in [-0.4, -0.2) is 22.5 Å². The van der Waals surface area contributed by atoms with E-state index in [0.29, 0.717) is 37.1 Å². The van der Waals surface area contributed by atoms with Gasteiger partial charge in [0.1, 0.15) is 0 Å². The number of benzene rings is 2. The minimum atomic E-state index is -4.46. The Hall–Kier alpha value is -2.55. The van der Waals surface area contributed by atoms with Crippen molar-refractivity contribution in [1.82, 2.24) is 4.90 Å². The molecule has 1 aliphatic heterocycles. The Morgan fingerprint density at radius 3 is 1.83 bits per heavy atom. The van der Waals surface area contributed by atoms with Gasteiger partial charge in [-0.25, -0.2) is 0 Å². The zero-order valence-corrected chi connectivity index (χ0v) is 20.7. The summed E-state index contributed by atoms with van der Waals surface area (Å²) in [5.74, 6) is -0.184. The first-order chi connectivity index (χ1) is 16.7. The molecule has 3 rings (SSSR count). The van der Waals surface area contributed by atoms with Crippen molar-refractivity contribution in [2.75, 3.05) is 6.54 Å². The van der Waals surface area contributed by atoms with Crippen LogP contribution >= 0.6 is 0 Å². The molecule has 2 aromatic rings. The lowest BCUT2D eigenvalue weighted by molar-refractivity contribution is -0.139. The Kier molecular flexibility index (Phi) is 10.4. The Morgan fingerprint density at radius 2 is 1.42 bits per heavy atom. The second-order valence-electron chi connectivity index (χ2n) is 9.59. The van der Waals surface area contributed by atoms with Gasteiger partial charge in [-0.1, -0.05) is 51.5 Å². The molecule has 3 nitrogen and oxygen atoms in total. The van der Waals surface area contributed by atoms with E-state index >= 15 is 0 Å². The van der Waals surface area contributed by atoms with Crippen LogP contribution in [0.3, 0.4) is 0 Å². The maximum Gasteiger partial charge on any atom is 0.416 e. The molecular weight excluding hydrogens is 484 g/mol. The molecule has 1 N–H and O–H groups in total. The number of hydrogen-bond donors (Lipinski definition) is 1. The van der Waals surface area contributed by atoms with Gasteiger partial charge >= 0.3 is 18.3 Å². The third kappa shape index (κ3) is 9.15. The molecule has 2 atom stereocenters. The van der Waals surface area contributed by atoms with Gasteiger partial charge in [0.2, 0.25) is 0 Å². The minimum absolute atomic E-state index is 0.0365. The van der Waals surface area contributed by atoms with Crippen LogP contribution in [0.2, 0.25) is 0 Å². The third-order valence-electron chi connectivity index (χ3n) is 6.39. The lowest BCUT2D eigenvalue weighted by atomic mass is 9.84. The number of hydrogen-bond acceptors (Lipinski definition) is 2. The van der Waals surface area contributed by atoms with Crippen molar-refractivity contribution in [3.05, 3.63) is 70.8 Å². The highest BCUT2D eigenvalue weighted by molar-refractivity contribution is 5.67. The number of carboxylic acid groups (broad SMARTS) is 1. The van der Waals surface area contributed by atoms with Crippen LogP contribution in [0.15, 0.2) is 48.5 Å². The normalized spacial score (nSPS) is 19.1. The first kappa shape index (κ1) is 29.7. The van der Waals surface area contributed by atoms with Crippen molar-refractivity contribution in [3.63, 3.8) is 0 Å². The summed E-state index contributed by atoms with van der Waals surface area (Å²) in [6.07, 6.45) is -6.60. The van der Waals surface area contributed by atoms with Crippen LogP contribution in [0, 0.1) is 11.8 Å². The van der Waals surface area contributed by atoms with E-state index in [4.69, 9.17) is 5.11 Å². The highest BCUT2D eigenvalue weighted by atomic mass is 19.4. The number of likely N-dealkylation sites (tertiary alicyclic amines) is 1. The quantitative estimate of drug-likeness (QED) is 0.393. The summed E-state index contributed by atoms with van der Waals surface area (Å²) in [5, 5.41) is 9.11. The largest absolute Gasteiger partial charge is 0.481 e. The summed E-state index contributed by atoms with van der Waals surface area (Å²) in [5.41, 5.74) is -0.268. The van der Waals surface area contributed by atoms with Gasteiger partial charge in [-0.15, -0.1) is 0 Å². The Bertz CT molecular complexity index is 952. The van der Waals surface area contributed by atoms with Gasteiger partial charge in [-0.3, -0.25) is 9.69 Å². The van der Waals surface area contributed by atoms with E-state index in [9.17, 15) is 31.1 Å². The number of nitrogens with zero attached hydrogens (tertiary/aromatic N) is 1. The molecule has 200 valence electrons. The van der Waals surface area contributed by atoms with Gasteiger partial charge in [0.25, 0.3) is 0 Å². The topological polar surface area (TPSA) is 40.5 Å². The molecule has 1 heterocycles. The van der Waals surface area contributed by atoms with Crippen LogP contribution in [0.1, 0.15) is 74.8 Å². The van der Waals surface area contributed by atoms with Crippen molar-refractivity contribution >= 4 is 5.97 Å². The van der Waals surface area contributed by atoms with Crippen molar-refractivity contribution < 1.29 is 36.2 Å². The molecule has 0 amide bonds. The molecule has 1 fully saturated rings. The Balaban J connectivity index is 0.000000830. The van der Waals surface area contributed by atoms with Crippen LogP contribution in [0.5, 0.6) is 0 Å². The van der Waals surface area contributed by atoms with Gasteiger partial charge in [0.15, 0.2) is 0 Å². The van der Waals surface area contributed by atoms with Crippen molar-refractivity contribution in [1.29, 1.82) is 0 Å². The highest BCUT2D eigenvalue weighted by Gasteiger charge is 2.34. The number of rotatable bonds is 6. The van der Waals surface area contributed by atoms with Gasteiger partial charge in [-0.05, 0) is 66.6 Å². The van der Waals surface area contributed by atoms with Crippen LogP contribution in [0.25, 0.3) is 0 Å². The van der Waals surface area contributed by atoms with Gasteiger partial charge in [0.05, 0.1) is 11.1 Å². The molecular formula is C27H33F6NO2. The molecule has 0 aliphatic carbocycles. The molecule has 1 aliphatic rings. The molecule has 1 saturated heterocycles. The smallest absolute Gasteiger partial charge is 0.416 e. The van der Waals surface area contributed by atoms with Crippen molar-refractivity contribution in [2.24, 2.45) is 11.8 Å². The molecule has 0 radical (unpaired) electrons. The van der Waals surface area contributed by atoms with Crippen molar-refractivity contribution in [3.8, 4) is 0 Å². The molecule has 0 aromatic heterocycles. The number of halogens is 6. The second-order valence-corrected chi connectivity index (χ2v) is 9.59. The minimum Gasteiger partial charge on any atom is -0.481 e. The number of aliphatic carboxylic acids is 1. The van der Waals surface area contributed by atoms with E-state index in [1.54, 1.807) is 0 Å². The molecule has 36 heavy (non-hydrogen) atoms. The van der Waals surface area contributed by atoms with E-state index in [1.807, 2.05) is 4.90 Å². The van der Waals surface area contributed by atoms with E-state index in [1.165, 1.54) is 30.7 Å². The summed E-state index contributed by atoms with van der Waals surface area (Å²) in [4.78, 5) is 13.1. The average molecular weight is 518 g/mol. The summed E-state index contributed by atoms with van der Waals surface area (Å²) in [6, 6.07) is 9.19. The van der Waals surface area contributed by atoms with Gasteiger partial charge in [0, 0.05) is 19.0 Å². The SMILES string of the molecule is CCC(C)C.O=C(O)CC1CCN(Cc2ccc(C(F)(F)F)cc2)C(c2ccc(C(F)(F)F)cc2)C1. The van der Waals surface area contributed by atoms with Gasteiger partial charge < -0.3 is 5.11 Å². The summed E-state index contributed by atoms with van der Waals surface area (Å²) in [6.45, 7) is 7.44. The lowest BCUT2D eigenvalue weighted by Gasteiger charge is -2.39. The fourth-order valence-electron chi connectivity index (χ4n) is 3.98. The number of carboxylic acids is 1. The molecule has 9 heteroatoms. The molecule has 0 saturated carbocycles. The third-order valence-corrected chi connectivity index (χ3v) is 6.39. The van der Waals surface area contributed by atoms with Crippen molar-refractivity contribution in [2.45, 2.75) is 71.4 Å². The monoisotopic (exact) mass is 517 g/mol. The number of carbonyl (C=O) groups is 1. The average Bonchev–Trinajstić information content (AvgIpc) is 2.79. The van der Waals surface area contributed by atoms with Gasteiger partial charge in [-0.2, -0.15) is 26.3 Å². The molecule has 0 bridgehead atoms. The lowest BCUT2D eigenvalue weighted by Crippen LogP contribution is -2.37. The van der Waals surface area contributed by atoms with E-state index < -0.39 is 29.4 Å².